The molecule has 0 aliphatic carbocycles. The maximum atomic E-state index is 12.5. The Morgan fingerprint density at radius 3 is 2.61 bits per heavy atom. The van der Waals surface area contributed by atoms with Crippen molar-refractivity contribution in [1.82, 2.24) is 5.32 Å². The van der Waals surface area contributed by atoms with E-state index >= 15 is 0 Å². The van der Waals surface area contributed by atoms with Crippen LogP contribution in [0.2, 0.25) is 0 Å². The van der Waals surface area contributed by atoms with Gasteiger partial charge in [0.2, 0.25) is 0 Å². The second-order valence-corrected chi connectivity index (χ2v) is 7.26. The molecule has 31 heavy (non-hydrogen) atoms. The van der Waals surface area contributed by atoms with E-state index in [4.69, 9.17) is 13.9 Å². The Balaban J connectivity index is 1.40. The maximum Gasteiger partial charge on any atom is 0.311 e. The van der Waals surface area contributed by atoms with Crippen molar-refractivity contribution in [2.75, 3.05) is 7.11 Å². The van der Waals surface area contributed by atoms with Crippen molar-refractivity contribution >= 4 is 33.6 Å². The Bertz CT molecular complexity index is 1240. The molecule has 4 aromatic rings. The summed E-state index contributed by atoms with van der Waals surface area (Å²) >= 11 is 0. The Labute approximate surface area is 179 Å². The van der Waals surface area contributed by atoms with E-state index in [1.807, 2.05) is 60.7 Å². The molecule has 0 saturated heterocycles. The van der Waals surface area contributed by atoms with Gasteiger partial charge in [0.05, 0.1) is 19.8 Å². The largest absolute Gasteiger partial charge is 0.496 e. The fourth-order valence-electron chi connectivity index (χ4n) is 3.63. The summed E-state index contributed by atoms with van der Waals surface area (Å²) in [5, 5.41) is 5.75. The number of rotatable bonds is 7. The zero-order valence-electron chi connectivity index (χ0n) is 17.4. The zero-order valence-corrected chi connectivity index (χ0v) is 17.4. The Hall–Kier alpha value is -3.80. The third-order valence-corrected chi connectivity index (χ3v) is 5.20. The van der Waals surface area contributed by atoms with Crippen molar-refractivity contribution in [3.05, 3.63) is 78.1 Å². The van der Waals surface area contributed by atoms with Crippen molar-refractivity contribution in [2.45, 2.75) is 26.0 Å². The highest BCUT2D eigenvalue weighted by molar-refractivity contribution is 6.08. The quantitative estimate of drug-likeness (QED) is 0.452. The lowest BCUT2D eigenvalue weighted by atomic mass is 10.0. The molecule has 6 nitrogen and oxygen atoms in total. The Kier molecular flexibility index (Phi) is 5.89. The summed E-state index contributed by atoms with van der Waals surface area (Å²) in [4.78, 5) is 24.9. The monoisotopic (exact) mass is 417 g/mol. The maximum absolute atomic E-state index is 12.5. The fourth-order valence-corrected chi connectivity index (χ4v) is 3.63. The van der Waals surface area contributed by atoms with E-state index in [1.165, 1.54) is 0 Å². The average molecular weight is 417 g/mol. The number of amides is 1. The van der Waals surface area contributed by atoms with Crippen LogP contribution < -0.4 is 10.1 Å². The molecule has 0 spiro atoms. The van der Waals surface area contributed by atoms with Gasteiger partial charge in [0.25, 0.3) is 5.91 Å². The van der Waals surface area contributed by atoms with Gasteiger partial charge in [0, 0.05) is 23.1 Å². The molecule has 1 heterocycles. The lowest BCUT2D eigenvalue weighted by molar-refractivity contribution is -0.154. The number of nitrogens with one attached hydrogen (secondary N) is 1. The molecule has 1 atom stereocenters. The van der Waals surface area contributed by atoms with Gasteiger partial charge in [0.1, 0.15) is 11.3 Å². The number of hydrogen-bond acceptors (Lipinski definition) is 5. The molecule has 0 aliphatic rings. The van der Waals surface area contributed by atoms with Gasteiger partial charge < -0.3 is 19.2 Å². The number of carbonyl (C=O) groups excluding carboxylic acids is 2. The molecule has 1 N–H and O–H groups in total. The summed E-state index contributed by atoms with van der Waals surface area (Å²) in [5.74, 6) is -0.177. The summed E-state index contributed by atoms with van der Waals surface area (Å²) in [6.07, 6.45) is 0.674. The van der Waals surface area contributed by atoms with Crippen LogP contribution in [0, 0.1) is 0 Å². The van der Waals surface area contributed by atoms with Crippen molar-refractivity contribution in [3.8, 4) is 5.75 Å². The van der Waals surface area contributed by atoms with Crippen LogP contribution in [0.25, 0.3) is 21.7 Å². The van der Waals surface area contributed by atoms with Gasteiger partial charge in [-0.3, -0.25) is 9.59 Å². The minimum Gasteiger partial charge on any atom is -0.496 e. The van der Waals surface area contributed by atoms with Gasteiger partial charge in [-0.25, -0.2) is 0 Å². The first-order chi connectivity index (χ1) is 15.1. The van der Waals surface area contributed by atoms with Gasteiger partial charge in [-0.05, 0) is 29.8 Å². The van der Waals surface area contributed by atoms with E-state index in [9.17, 15) is 9.59 Å². The van der Waals surface area contributed by atoms with Crippen LogP contribution in [-0.2, 0) is 27.3 Å². The molecule has 158 valence electrons. The molecule has 6 heteroatoms. The fraction of sp³-hybridized carbons (Fsp3) is 0.200. The molecule has 0 unspecified atom stereocenters. The number of benzene rings is 3. The molecule has 1 aromatic heterocycles. The van der Waals surface area contributed by atoms with Gasteiger partial charge in [-0.15, -0.1) is 0 Å². The first-order valence-electron chi connectivity index (χ1n) is 10.0. The van der Waals surface area contributed by atoms with E-state index in [0.29, 0.717) is 11.3 Å². The number of methoxy groups -OCH3 is 1. The van der Waals surface area contributed by atoms with Gasteiger partial charge in [-0.1, -0.05) is 48.5 Å². The van der Waals surface area contributed by atoms with E-state index in [2.05, 4.69) is 5.32 Å². The summed E-state index contributed by atoms with van der Waals surface area (Å²) in [6, 6.07) is 19.2. The SMILES string of the molecule is COc1ccccc1CNC(=O)[C@H](C)OC(=O)Cc1coc2ccc3ccccc3c12. The lowest BCUT2D eigenvalue weighted by Crippen LogP contribution is -2.35. The number of esters is 1. The highest BCUT2D eigenvalue weighted by Gasteiger charge is 2.20. The number of fused-ring (bicyclic) bond motifs is 3. The first-order valence-corrected chi connectivity index (χ1v) is 10.0. The van der Waals surface area contributed by atoms with Crippen molar-refractivity contribution in [3.63, 3.8) is 0 Å². The highest BCUT2D eigenvalue weighted by Crippen LogP contribution is 2.30. The minimum atomic E-state index is -0.919. The predicted octanol–water partition coefficient (Wildman–Crippen LogP) is 4.39. The number of carbonyl (C=O) groups is 2. The molecule has 1 amide bonds. The average Bonchev–Trinajstić information content (AvgIpc) is 3.20. The van der Waals surface area contributed by atoms with Gasteiger partial charge in [0.15, 0.2) is 6.10 Å². The van der Waals surface area contributed by atoms with Crippen LogP contribution in [0.4, 0.5) is 0 Å². The Morgan fingerprint density at radius 2 is 1.77 bits per heavy atom. The van der Waals surface area contributed by atoms with Crippen molar-refractivity contribution in [1.29, 1.82) is 0 Å². The third kappa shape index (κ3) is 4.38. The molecule has 0 aliphatic heterocycles. The van der Waals surface area contributed by atoms with Crippen LogP contribution in [-0.4, -0.2) is 25.1 Å². The molecule has 0 bridgehead atoms. The molecule has 0 fully saturated rings. The summed E-state index contributed by atoms with van der Waals surface area (Å²) in [6.45, 7) is 1.83. The standard InChI is InChI=1S/C25H23NO5/c1-16(25(28)26-14-18-8-4-6-10-21(18)29-2)31-23(27)13-19-15-30-22-12-11-17-7-3-5-9-20(17)24(19)22/h3-12,15-16H,13-14H2,1-2H3,(H,26,28)/t16-/m0/s1. The summed E-state index contributed by atoms with van der Waals surface area (Å²) in [5.41, 5.74) is 2.29. The number of hydrogen-bond donors (Lipinski definition) is 1. The second-order valence-electron chi connectivity index (χ2n) is 7.26. The minimum absolute atomic E-state index is 0.0190. The number of para-hydroxylation sites is 1. The molecular weight excluding hydrogens is 394 g/mol. The topological polar surface area (TPSA) is 77.8 Å². The van der Waals surface area contributed by atoms with Crippen LogP contribution in [0.3, 0.4) is 0 Å². The molecule has 4 rings (SSSR count). The number of furan rings is 1. The normalized spacial score (nSPS) is 11.9. The zero-order chi connectivity index (χ0) is 21.8. The predicted molar refractivity (Wildman–Crippen MR) is 118 cm³/mol. The Morgan fingerprint density at radius 1 is 1.00 bits per heavy atom. The smallest absolute Gasteiger partial charge is 0.311 e. The molecule has 0 saturated carbocycles. The molecule has 0 radical (unpaired) electrons. The van der Waals surface area contributed by atoms with Crippen LogP contribution in [0.15, 0.2) is 71.3 Å². The van der Waals surface area contributed by atoms with Crippen LogP contribution >= 0.6 is 0 Å². The van der Waals surface area contributed by atoms with Crippen LogP contribution in [0.5, 0.6) is 5.75 Å². The van der Waals surface area contributed by atoms with E-state index in [1.54, 1.807) is 20.3 Å². The third-order valence-electron chi connectivity index (χ3n) is 5.20. The van der Waals surface area contributed by atoms with Gasteiger partial charge in [-0.2, -0.15) is 0 Å². The van der Waals surface area contributed by atoms with E-state index in [0.717, 1.165) is 27.3 Å². The van der Waals surface area contributed by atoms with E-state index < -0.39 is 12.1 Å². The summed E-state index contributed by atoms with van der Waals surface area (Å²) in [7, 11) is 1.58. The van der Waals surface area contributed by atoms with Crippen LogP contribution in [0.1, 0.15) is 18.1 Å². The van der Waals surface area contributed by atoms with Gasteiger partial charge >= 0.3 is 5.97 Å². The lowest BCUT2D eigenvalue weighted by Gasteiger charge is -2.14. The van der Waals surface area contributed by atoms with Crippen molar-refractivity contribution < 1.29 is 23.5 Å². The van der Waals surface area contributed by atoms with E-state index in [-0.39, 0.29) is 18.9 Å². The first kappa shape index (κ1) is 20.5. The second kappa shape index (κ2) is 8.92. The molecular formula is C25H23NO5. The molecule has 3 aromatic carbocycles. The highest BCUT2D eigenvalue weighted by atomic mass is 16.5. The number of ether oxygens (including phenoxy) is 2. The van der Waals surface area contributed by atoms with Crippen molar-refractivity contribution in [2.24, 2.45) is 0 Å². The summed E-state index contributed by atoms with van der Waals surface area (Å²) < 4.78 is 16.3.